The summed E-state index contributed by atoms with van der Waals surface area (Å²) in [5.41, 5.74) is 4.73. The molecule has 1 aromatic heterocycles. The van der Waals surface area contributed by atoms with Crippen LogP contribution in [0, 0.1) is 5.92 Å². The van der Waals surface area contributed by atoms with Gasteiger partial charge in [-0.3, -0.25) is 14.6 Å². The van der Waals surface area contributed by atoms with Crippen molar-refractivity contribution in [2.75, 3.05) is 26.2 Å². The number of hydrogen-bond donors (Lipinski definition) is 2. The number of piperidine rings is 1. The number of nitrogens with zero attached hydrogens (tertiary/aromatic N) is 3. The SMILES string of the molecule is CCN(C(=O)C(Cc1ccc(OCc2ccccc2)cc1)NC(=O)C(Cc1cscn1)NCCC(C)C)N1CCCCC1. The van der Waals surface area contributed by atoms with Gasteiger partial charge < -0.3 is 15.4 Å². The van der Waals surface area contributed by atoms with Crippen LogP contribution in [0.25, 0.3) is 0 Å². The summed E-state index contributed by atoms with van der Waals surface area (Å²) in [6, 6.07) is 16.7. The molecule has 0 spiro atoms. The topological polar surface area (TPSA) is 86.8 Å². The van der Waals surface area contributed by atoms with Crippen LogP contribution >= 0.6 is 11.3 Å². The van der Waals surface area contributed by atoms with E-state index in [1.807, 2.05) is 71.9 Å². The maximum atomic E-state index is 14.1. The van der Waals surface area contributed by atoms with Crippen LogP contribution in [0.3, 0.4) is 0 Å². The van der Waals surface area contributed by atoms with Crippen molar-refractivity contribution >= 4 is 23.2 Å². The monoisotopic (exact) mass is 605 g/mol. The molecule has 232 valence electrons. The van der Waals surface area contributed by atoms with Crippen LogP contribution in [0.15, 0.2) is 65.5 Å². The van der Waals surface area contributed by atoms with Gasteiger partial charge in [0, 0.05) is 37.9 Å². The summed E-state index contributed by atoms with van der Waals surface area (Å²) in [6.45, 7) is 9.83. The number of hydrogen-bond acceptors (Lipinski definition) is 7. The van der Waals surface area contributed by atoms with E-state index in [1.54, 1.807) is 5.51 Å². The molecule has 2 N–H and O–H groups in total. The Hall–Kier alpha value is -3.27. The first-order valence-electron chi connectivity index (χ1n) is 15.7. The molecule has 2 heterocycles. The van der Waals surface area contributed by atoms with Crippen molar-refractivity contribution in [3.05, 3.63) is 82.3 Å². The molecule has 2 unspecified atom stereocenters. The minimum absolute atomic E-state index is 0.0725. The first-order chi connectivity index (χ1) is 20.9. The minimum atomic E-state index is -0.699. The lowest BCUT2D eigenvalue weighted by Crippen LogP contribution is -2.58. The van der Waals surface area contributed by atoms with Crippen molar-refractivity contribution in [3.63, 3.8) is 0 Å². The quantitative estimate of drug-likeness (QED) is 0.232. The van der Waals surface area contributed by atoms with Gasteiger partial charge in [-0.15, -0.1) is 11.3 Å². The molecule has 0 radical (unpaired) electrons. The molecule has 4 rings (SSSR count). The summed E-state index contributed by atoms with van der Waals surface area (Å²) in [5.74, 6) is 1.04. The van der Waals surface area contributed by atoms with Gasteiger partial charge in [-0.2, -0.15) is 0 Å². The highest BCUT2D eigenvalue weighted by atomic mass is 32.1. The molecule has 0 saturated carbocycles. The Morgan fingerprint density at radius 1 is 0.977 bits per heavy atom. The van der Waals surface area contributed by atoms with Gasteiger partial charge in [0.25, 0.3) is 5.91 Å². The molecule has 9 heteroatoms. The number of nitrogens with one attached hydrogen (secondary N) is 2. The average Bonchev–Trinajstić information content (AvgIpc) is 3.54. The molecular formula is C34H47N5O3S. The molecule has 2 aromatic carbocycles. The van der Waals surface area contributed by atoms with Crippen LogP contribution in [-0.4, -0.2) is 65.1 Å². The Balaban J connectivity index is 1.49. The fourth-order valence-corrected chi connectivity index (χ4v) is 5.89. The van der Waals surface area contributed by atoms with Gasteiger partial charge in [0.05, 0.1) is 17.2 Å². The number of amides is 2. The minimum Gasteiger partial charge on any atom is -0.489 e. The van der Waals surface area contributed by atoms with E-state index in [0.29, 0.717) is 31.9 Å². The summed E-state index contributed by atoms with van der Waals surface area (Å²) in [5, 5.41) is 12.6. The Bertz CT molecular complexity index is 1230. The third-order valence-electron chi connectivity index (χ3n) is 7.78. The molecule has 1 aliphatic rings. The number of carbonyl (C=O) groups is 2. The standard InChI is InChI=1S/C34H47N5O3S/c1-4-39(38-19-9-6-10-20-38)34(41)32(21-27-13-15-30(16-14-27)42-23-28-11-7-5-8-12-28)37-33(40)31(35-18-17-26(2)3)22-29-24-43-25-36-29/h5,7-8,11-16,24-26,31-32,35H,4,6,9-10,17-23H2,1-3H3,(H,37,40). The highest BCUT2D eigenvalue weighted by molar-refractivity contribution is 7.07. The summed E-state index contributed by atoms with van der Waals surface area (Å²) in [6.07, 6.45) is 5.15. The number of aromatic nitrogens is 1. The maximum absolute atomic E-state index is 14.1. The number of ether oxygens (including phenoxy) is 1. The van der Waals surface area contributed by atoms with Gasteiger partial charge in [-0.25, -0.2) is 9.99 Å². The second-order valence-corrected chi connectivity index (χ2v) is 12.3. The van der Waals surface area contributed by atoms with E-state index in [2.05, 4.69) is 34.5 Å². The van der Waals surface area contributed by atoms with Crippen LogP contribution in [0.2, 0.25) is 0 Å². The largest absolute Gasteiger partial charge is 0.489 e. The molecule has 1 saturated heterocycles. The van der Waals surface area contributed by atoms with Gasteiger partial charge in [-0.05, 0) is 61.9 Å². The summed E-state index contributed by atoms with van der Waals surface area (Å²) < 4.78 is 5.97. The second-order valence-electron chi connectivity index (χ2n) is 11.6. The Labute approximate surface area is 260 Å². The first kappa shape index (κ1) is 32.6. The van der Waals surface area contributed by atoms with E-state index in [0.717, 1.165) is 61.5 Å². The van der Waals surface area contributed by atoms with Gasteiger partial charge in [0.15, 0.2) is 0 Å². The van der Waals surface area contributed by atoms with Crippen molar-refractivity contribution in [1.29, 1.82) is 0 Å². The number of hydrazine groups is 1. The maximum Gasteiger partial charge on any atom is 0.259 e. The van der Waals surface area contributed by atoms with Crippen LogP contribution in [-0.2, 0) is 29.0 Å². The fraction of sp³-hybridized carbons (Fsp3) is 0.500. The summed E-state index contributed by atoms with van der Waals surface area (Å²) in [7, 11) is 0. The van der Waals surface area contributed by atoms with E-state index in [-0.39, 0.29) is 11.8 Å². The smallest absolute Gasteiger partial charge is 0.259 e. The number of likely N-dealkylation sites (N-methyl/N-ethyl adjacent to an activating group) is 1. The first-order valence-corrected chi connectivity index (χ1v) is 16.6. The van der Waals surface area contributed by atoms with E-state index < -0.39 is 12.1 Å². The molecule has 2 amide bonds. The third-order valence-corrected chi connectivity index (χ3v) is 8.41. The molecule has 1 aliphatic heterocycles. The Kier molecular flexibility index (Phi) is 13.0. The Morgan fingerprint density at radius 2 is 1.72 bits per heavy atom. The van der Waals surface area contributed by atoms with Gasteiger partial charge in [-0.1, -0.05) is 62.7 Å². The van der Waals surface area contributed by atoms with Crippen LogP contribution in [0.1, 0.15) is 63.3 Å². The van der Waals surface area contributed by atoms with E-state index in [9.17, 15) is 9.59 Å². The molecule has 1 fully saturated rings. The fourth-order valence-electron chi connectivity index (χ4n) is 5.32. The van der Waals surface area contributed by atoms with Crippen LogP contribution in [0.5, 0.6) is 5.75 Å². The van der Waals surface area contributed by atoms with Crippen molar-refractivity contribution in [2.24, 2.45) is 5.92 Å². The normalized spacial score (nSPS) is 15.2. The molecule has 43 heavy (non-hydrogen) atoms. The van der Waals surface area contributed by atoms with Crippen molar-refractivity contribution in [2.45, 2.75) is 78.0 Å². The average molecular weight is 606 g/mol. The number of benzene rings is 2. The molecule has 2 atom stereocenters. The second kappa shape index (κ2) is 17.1. The Morgan fingerprint density at radius 3 is 2.37 bits per heavy atom. The van der Waals surface area contributed by atoms with E-state index >= 15 is 0 Å². The molecular weight excluding hydrogens is 558 g/mol. The van der Waals surface area contributed by atoms with Crippen LogP contribution < -0.4 is 15.4 Å². The number of rotatable bonds is 16. The third kappa shape index (κ3) is 10.4. The zero-order valence-corrected chi connectivity index (χ0v) is 26.7. The predicted octanol–water partition coefficient (Wildman–Crippen LogP) is 5.25. The molecule has 8 nitrogen and oxygen atoms in total. The zero-order valence-electron chi connectivity index (χ0n) is 25.8. The van der Waals surface area contributed by atoms with E-state index in [1.165, 1.54) is 17.8 Å². The zero-order chi connectivity index (χ0) is 30.4. The lowest BCUT2D eigenvalue weighted by atomic mass is 10.0. The highest BCUT2D eigenvalue weighted by Crippen LogP contribution is 2.18. The van der Waals surface area contributed by atoms with E-state index in [4.69, 9.17) is 4.74 Å². The molecule has 0 aliphatic carbocycles. The lowest BCUT2D eigenvalue weighted by Gasteiger charge is -2.39. The summed E-state index contributed by atoms with van der Waals surface area (Å²) in [4.78, 5) is 32.3. The highest BCUT2D eigenvalue weighted by Gasteiger charge is 2.32. The predicted molar refractivity (Wildman–Crippen MR) is 173 cm³/mol. The van der Waals surface area contributed by atoms with Gasteiger partial charge in [0.1, 0.15) is 18.4 Å². The molecule has 3 aromatic rings. The van der Waals surface area contributed by atoms with Crippen molar-refractivity contribution in [3.8, 4) is 5.75 Å². The van der Waals surface area contributed by atoms with Crippen molar-refractivity contribution in [1.82, 2.24) is 25.6 Å². The lowest BCUT2D eigenvalue weighted by molar-refractivity contribution is -0.154. The number of carbonyl (C=O) groups excluding carboxylic acids is 2. The molecule has 0 bridgehead atoms. The van der Waals surface area contributed by atoms with Crippen LogP contribution in [0.4, 0.5) is 0 Å². The van der Waals surface area contributed by atoms with Gasteiger partial charge in [0.2, 0.25) is 5.91 Å². The summed E-state index contributed by atoms with van der Waals surface area (Å²) >= 11 is 1.52. The van der Waals surface area contributed by atoms with Gasteiger partial charge >= 0.3 is 0 Å². The van der Waals surface area contributed by atoms with Crippen molar-refractivity contribution < 1.29 is 14.3 Å². The number of thiazole rings is 1.